The fraction of sp³-hybridized carbons (Fsp3) is 0.824. The van der Waals surface area contributed by atoms with Crippen molar-refractivity contribution in [2.45, 2.75) is 85.1 Å². The highest BCUT2D eigenvalue weighted by atomic mass is 16.5. The number of nitrogens with zero attached hydrogens (tertiary/aromatic N) is 2. The molecule has 1 aliphatic heterocycles. The highest BCUT2D eigenvalue weighted by Crippen LogP contribution is 2.26. The molecular weight excluding hydrogens is 262 g/mol. The van der Waals surface area contributed by atoms with Crippen LogP contribution in [0.4, 0.5) is 0 Å². The number of aromatic nitrogens is 2. The van der Waals surface area contributed by atoms with Crippen LogP contribution in [0, 0.1) is 0 Å². The van der Waals surface area contributed by atoms with E-state index in [0.29, 0.717) is 18.2 Å². The van der Waals surface area contributed by atoms with Gasteiger partial charge in [0.2, 0.25) is 0 Å². The second kappa shape index (κ2) is 7.41. The second-order valence-corrected chi connectivity index (χ2v) is 6.12. The lowest BCUT2D eigenvalue weighted by molar-refractivity contribution is 0.0431. The van der Waals surface area contributed by atoms with Gasteiger partial charge >= 0.3 is 0 Å². The summed E-state index contributed by atoms with van der Waals surface area (Å²) in [5.74, 6) is 0. The zero-order chi connectivity index (χ0) is 15.4. The molecule has 1 N–H and O–H groups in total. The number of hydrogen-bond donors (Lipinski definition) is 1. The minimum atomic E-state index is 0.331. The number of rotatable bonds is 7. The second-order valence-electron chi connectivity index (χ2n) is 6.12. The van der Waals surface area contributed by atoms with Crippen molar-refractivity contribution in [1.29, 1.82) is 0 Å². The molecule has 21 heavy (non-hydrogen) atoms. The molecule has 1 aromatic rings. The van der Waals surface area contributed by atoms with Crippen LogP contribution in [-0.4, -0.2) is 28.5 Å². The van der Waals surface area contributed by atoms with Crippen LogP contribution in [0.2, 0.25) is 0 Å². The smallest absolute Gasteiger partial charge is 0.0775 e. The summed E-state index contributed by atoms with van der Waals surface area (Å²) >= 11 is 0. The molecule has 0 aromatic carbocycles. The number of ether oxygens (including phenoxy) is 1. The molecule has 0 bridgehead atoms. The predicted octanol–water partition coefficient (Wildman–Crippen LogP) is 3.25. The van der Waals surface area contributed by atoms with Gasteiger partial charge in [-0.1, -0.05) is 20.8 Å². The third kappa shape index (κ3) is 3.67. The van der Waals surface area contributed by atoms with Gasteiger partial charge in [-0.2, -0.15) is 5.10 Å². The Morgan fingerprint density at radius 3 is 2.57 bits per heavy atom. The summed E-state index contributed by atoms with van der Waals surface area (Å²) in [5, 5.41) is 8.43. The van der Waals surface area contributed by atoms with Crippen LogP contribution in [0.15, 0.2) is 0 Å². The van der Waals surface area contributed by atoms with Crippen molar-refractivity contribution >= 4 is 0 Å². The summed E-state index contributed by atoms with van der Waals surface area (Å²) < 4.78 is 8.19. The predicted molar refractivity (Wildman–Crippen MR) is 86.6 cm³/mol. The van der Waals surface area contributed by atoms with Crippen molar-refractivity contribution in [3.05, 3.63) is 17.0 Å². The Bertz CT molecular complexity index is 455. The Morgan fingerprint density at radius 2 is 2.05 bits per heavy atom. The van der Waals surface area contributed by atoms with E-state index in [1.807, 2.05) is 0 Å². The van der Waals surface area contributed by atoms with Gasteiger partial charge in [0.15, 0.2) is 0 Å². The molecule has 3 unspecified atom stereocenters. The zero-order valence-corrected chi connectivity index (χ0v) is 14.3. The fourth-order valence-electron chi connectivity index (χ4n) is 3.47. The van der Waals surface area contributed by atoms with E-state index in [9.17, 15) is 0 Å². The van der Waals surface area contributed by atoms with Crippen molar-refractivity contribution in [3.63, 3.8) is 0 Å². The molecule has 0 radical (unpaired) electrons. The molecule has 1 aromatic heterocycles. The van der Waals surface area contributed by atoms with Gasteiger partial charge in [-0.3, -0.25) is 4.68 Å². The van der Waals surface area contributed by atoms with E-state index in [2.05, 4.69) is 44.6 Å². The maximum Gasteiger partial charge on any atom is 0.0775 e. The standard InChI is InChI=1S/C17H31N3O/c1-6-15-17(13(5)18-8-3)16(7-2)20(19-15)11-14-10-9-12(4)21-14/h12-14,18H,6-11H2,1-5H3. The Kier molecular flexibility index (Phi) is 5.82. The quantitative estimate of drug-likeness (QED) is 0.839. The minimum absolute atomic E-state index is 0.331. The molecule has 1 aliphatic rings. The average molecular weight is 293 g/mol. The fourth-order valence-corrected chi connectivity index (χ4v) is 3.47. The van der Waals surface area contributed by atoms with Gasteiger partial charge < -0.3 is 10.1 Å². The van der Waals surface area contributed by atoms with Crippen LogP contribution in [0.5, 0.6) is 0 Å². The average Bonchev–Trinajstić information content (AvgIpc) is 3.02. The molecule has 4 nitrogen and oxygen atoms in total. The van der Waals surface area contributed by atoms with Crippen LogP contribution in [0.1, 0.15) is 70.5 Å². The minimum Gasteiger partial charge on any atom is -0.373 e. The molecule has 0 spiro atoms. The topological polar surface area (TPSA) is 39.1 Å². The lowest BCUT2D eigenvalue weighted by Crippen LogP contribution is -2.21. The first-order chi connectivity index (χ1) is 10.1. The molecule has 0 amide bonds. The van der Waals surface area contributed by atoms with Crippen molar-refractivity contribution in [1.82, 2.24) is 15.1 Å². The molecule has 0 saturated carbocycles. The van der Waals surface area contributed by atoms with E-state index in [1.165, 1.54) is 23.4 Å². The summed E-state index contributed by atoms with van der Waals surface area (Å²) in [4.78, 5) is 0. The normalized spacial score (nSPS) is 23.7. The Morgan fingerprint density at radius 1 is 1.29 bits per heavy atom. The summed E-state index contributed by atoms with van der Waals surface area (Å²) in [5.41, 5.74) is 4.03. The van der Waals surface area contributed by atoms with Gasteiger partial charge in [0.25, 0.3) is 0 Å². The third-order valence-electron chi connectivity index (χ3n) is 4.48. The van der Waals surface area contributed by atoms with Crippen LogP contribution in [-0.2, 0) is 24.1 Å². The van der Waals surface area contributed by atoms with E-state index >= 15 is 0 Å². The first kappa shape index (κ1) is 16.5. The number of nitrogens with one attached hydrogen (secondary N) is 1. The Labute approximate surface area is 129 Å². The molecule has 1 saturated heterocycles. The van der Waals surface area contributed by atoms with Gasteiger partial charge in [-0.15, -0.1) is 0 Å². The maximum atomic E-state index is 5.98. The lowest BCUT2D eigenvalue weighted by Gasteiger charge is -2.16. The van der Waals surface area contributed by atoms with E-state index in [4.69, 9.17) is 9.84 Å². The summed E-state index contributed by atoms with van der Waals surface area (Å²) in [6.45, 7) is 12.9. The number of hydrogen-bond acceptors (Lipinski definition) is 3. The van der Waals surface area contributed by atoms with Crippen molar-refractivity contribution in [3.8, 4) is 0 Å². The van der Waals surface area contributed by atoms with Crippen LogP contribution < -0.4 is 5.32 Å². The van der Waals surface area contributed by atoms with Gasteiger partial charge in [-0.05, 0) is 46.1 Å². The summed E-state index contributed by atoms with van der Waals surface area (Å²) in [6.07, 6.45) is 5.09. The highest BCUT2D eigenvalue weighted by molar-refractivity contribution is 5.30. The Hall–Kier alpha value is -0.870. The van der Waals surface area contributed by atoms with E-state index in [0.717, 1.165) is 32.4 Å². The van der Waals surface area contributed by atoms with Crippen LogP contribution in [0.25, 0.3) is 0 Å². The highest BCUT2D eigenvalue weighted by Gasteiger charge is 2.25. The van der Waals surface area contributed by atoms with Crippen LogP contribution in [0.3, 0.4) is 0 Å². The molecular formula is C17H31N3O. The number of aryl methyl sites for hydroxylation is 1. The first-order valence-electron chi connectivity index (χ1n) is 8.57. The molecule has 0 aliphatic carbocycles. The molecule has 120 valence electrons. The monoisotopic (exact) mass is 293 g/mol. The van der Waals surface area contributed by atoms with Crippen LogP contribution >= 0.6 is 0 Å². The molecule has 2 rings (SSSR count). The molecule has 4 heteroatoms. The van der Waals surface area contributed by atoms with Gasteiger partial charge in [0.1, 0.15) is 0 Å². The van der Waals surface area contributed by atoms with Crippen molar-refractivity contribution in [2.75, 3.05) is 6.54 Å². The van der Waals surface area contributed by atoms with Gasteiger partial charge in [-0.25, -0.2) is 0 Å². The van der Waals surface area contributed by atoms with Crippen molar-refractivity contribution < 1.29 is 4.74 Å². The third-order valence-corrected chi connectivity index (χ3v) is 4.48. The van der Waals surface area contributed by atoms with Gasteiger partial charge in [0, 0.05) is 17.3 Å². The molecule has 1 fully saturated rings. The van der Waals surface area contributed by atoms with E-state index in [1.54, 1.807) is 0 Å². The zero-order valence-electron chi connectivity index (χ0n) is 14.3. The molecule has 3 atom stereocenters. The van der Waals surface area contributed by atoms with E-state index < -0.39 is 0 Å². The SMILES string of the molecule is CCNC(C)c1c(CC)nn(CC2CCC(C)O2)c1CC. The van der Waals surface area contributed by atoms with E-state index in [-0.39, 0.29) is 0 Å². The summed E-state index contributed by atoms with van der Waals surface area (Å²) in [7, 11) is 0. The largest absolute Gasteiger partial charge is 0.373 e. The lowest BCUT2D eigenvalue weighted by atomic mass is 10.0. The summed E-state index contributed by atoms with van der Waals surface area (Å²) in [6, 6.07) is 0.372. The first-order valence-corrected chi connectivity index (χ1v) is 8.57. The van der Waals surface area contributed by atoms with Gasteiger partial charge in [0.05, 0.1) is 24.4 Å². The van der Waals surface area contributed by atoms with Crippen molar-refractivity contribution in [2.24, 2.45) is 0 Å². The Balaban J connectivity index is 2.24. The maximum absolute atomic E-state index is 5.98. The molecule has 2 heterocycles.